The van der Waals surface area contributed by atoms with Gasteiger partial charge in [-0.1, -0.05) is 30.3 Å². The van der Waals surface area contributed by atoms with Gasteiger partial charge in [0.2, 0.25) is 0 Å². The molecule has 1 atom stereocenters. The summed E-state index contributed by atoms with van der Waals surface area (Å²) in [5.74, 6) is 0.484. The molecule has 4 aromatic rings. The standard InChI is InChI=1S/C20H18N4O2/c1-14(26-18-8-7-15-5-2-3-6-16(15)11-18)20(25)22-12-17-13-23-24-10-4-9-21-19(17)24/h2-11,13-14H,12H2,1H3,(H,22,25)/t14-/m0/s1. The van der Waals surface area contributed by atoms with E-state index in [0.29, 0.717) is 12.3 Å². The van der Waals surface area contributed by atoms with Gasteiger partial charge < -0.3 is 10.1 Å². The van der Waals surface area contributed by atoms with Gasteiger partial charge in [-0.05, 0) is 35.9 Å². The fourth-order valence-electron chi connectivity index (χ4n) is 2.83. The van der Waals surface area contributed by atoms with E-state index in [0.717, 1.165) is 22.0 Å². The average Bonchev–Trinajstić information content (AvgIpc) is 3.09. The molecule has 26 heavy (non-hydrogen) atoms. The minimum atomic E-state index is -0.606. The Morgan fingerprint density at radius 2 is 2.04 bits per heavy atom. The molecule has 1 amide bonds. The topological polar surface area (TPSA) is 68.5 Å². The minimum absolute atomic E-state index is 0.187. The van der Waals surface area contributed by atoms with E-state index in [-0.39, 0.29) is 5.91 Å². The first-order valence-electron chi connectivity index (χ1n) is 8.41. The van der Waals surface area contributed by atoms with Gasteiger partial charge in [0.15, 0.2) is 11.8 Å². The van der Waals surface area contributed by atoms with Crippen molar-refractivity contribution in [2.24, 2.45) is 0 Å². The molecule has 4 rings (SSSR count). The first-order chi connectivity index (χ1) is 12.7. The molecule has 1 N–H and O–H groups in total. The molecule has 6 nitrogen and oxygen atoms in total. The Hall–Kier alpha value is -3.41. The fraction of sp³-hybridized carbons (Fsp3) is 0.150. The van der Waals surface area contributed by atoms with Crippen LogP contribution in [0.5, 0.6) is 5.75 Å². The molecule has 0 saturated carbocycles. The molecule has 0 spiro atoms. The Bertz CT molecular complexity index is 1070. The van der Waals surface area contributed by atoms with Crippen molar-refractivity contribution in [1.82, 2.24) is 19.9 Å². The number of nitrogens with one attached hydrogen (secondary N) is 1. The van der Waals surface area contributed by atoms with Gasteiger partial charge in [-0.2, -0.15) is 5.10 Å². The van der Waals surface area contributed by atoms with Gasteiger partial charge >= 0.3 is 0 Å². The molecule has 6 heteroatoms. The second kappa shape index (κ2) is 6.84. The summed E-state index contributed by atoms with van der Waals surface area (Å²) in [6.07, 6.45) is 4.62. The molecular weight excluding hydrogens is 328 g/mol. The molecule has 2 aromatic carbocycles. The van der Waals surface area contributed by atoms with Crippen LogP contribution in [0.25, 0.3) is 16.4 Å². The molecule has 2 heterocycles. The van der Waals surface area contributed by atoms with Crippen LogP contribution in [0.15, 0.2) is 67.1 Å². The Morgan fingerprint density at radius 3 is 2.92 bits per heavy atom. The third-order valence-electron chi connectivity index (χ3n) is 4.21. The molecule has 0 aliphatic carbocycles. The van der Waals surface area contributed by atoms with Crippen molar-refractivity contribution in [3.8, 4) is 5.75 Å². The predicted octanol–water partition coefficient (Wildman–Crippen LogP) is 2.97. The summed E-state index contributed by atoms with van der Waals surface area (Å²) in [5, 5.41) is 9.30. The summed E-state index contributed by atoms with van der Waals surface area (Å²) in [5.41, 5.74) is 1.59. The Balaban J connectivity index is 1.40. The highest BCUT2D eigenvalue weighted by Crippen LogP contribution is 2.21. The van der Waals surface area contributed by atoms with E-state index in [1.807, 2.05) is 54.7 Å². The van der Waals surface area contributed by atoms with Crippen molar-refractivity contribution in [2.45, 2.75) is 19.6 Å². The number of nitrogens with zero attached hydrogens (tertiary/aromatic N) is 3. The third kappa shape index (κ3) is 3.21. The van der Waals surface area contributed by atoms with Gasteiger partial charge in [0.25, 0.3) is 5.91 Å². The van der Waals surface area contributed by atoms with Crippen molar-refractivity contribution < 1.29 is 9.53 Å². The number of aromatic nitrogens is 3. The molecule has 0 aliphatic rings. The average molecular weight is 346 g/mol. The number of carbonyl (C=O) groups excluding carboxylic acids is 1. The number of hydrogen-bond acceptors (Lipinski definition) is 4. The lowest BCUT2D eigenvalue weighted by Gasteiger charge is -2.15. The summed E-state index contributed by atoms with van der Waals surface area (Å²) in [6, 6.07) is 15.6. The van der Waals surface area contributed by atoms with Crippen LogP contribution in [-0.2, 0) is 11.3 Å². The predicted molar refractivity (Wildman–Crippen MR) is 98.9 cm³/mol. The van der Waals surface area contributed by atoms with Crippen LogP contribution in [0, 0.1) is 0 Å². The normalized spacial score (nSPS) is 12.2. The van der Waals surface area contributed by atoms with Crippen LogP contribution in [-0.4, -0.2) is 26.6 Å². The minimum Gasteiger partial charge on any atom is -0.481 e. The Morgan fingerprint density at radius 1 is 1.19 bits per heavy atom. The first-order valence-corrected chi connectivity index (χ1v) is 8.41. The summed E-state index contributed by atoms with van der Waals surface area (Å²) in [6.45, 7) is 2.09. The maximum atomic E-state index is 12.4. The van der Waals surface area contributed by atoms with Gasteiger partial charge in [0.05, 0.1) is 6.20 Å². The maximum Gasteiger partial charge on any atom is 0.261 e. The molecule has 0 saturated heterocycles. The molecule has 0 bridgehead atoms. The highest BCUT2D eigenvalue weighted by molar-refractivity contribution is 5.84. The van der Waals surface area contributed by atoms with Crippen LogP contribution in [0.1, 0.15) is 12.5 Å². The fourth-order valence-corrected chi connectivity index (χ4v) is 2.83. The van der Waals surface area contributed by atoms with Crippen LogP contribution >= 0.6 is 0 Å². The molecule has 130 valence electrons. The summed E-state index contributed by atoms with van der Waals surface area (Å²) in [7, 11) is 0. The molecule has 2 aromatic heterocycles. The highest BCUT2D eigenvalue weighted by Gasteiger charge is 2.15. The van der Waals surface area contributed by atoms with E-state index in [2.05, 4.69) is 15.4 Å². The van der Waals surface area contributed by atoms with Crippen molar-refractivity contribution >= 4 is 22.3 Å². The number of rotatable bonds is 5. The number of benzene rings is 2. The number of amides is 1. The van der Waals surface area contributed by atoms with Gasteiger partial charge in [-0.15, -0.1) is 0 Å². The molecular formula is C20H18N4O2. The third-order valence-corrected chi connectivity index (χ3v) is 4.21. The highest BCUT2D eigenvalue weighted by atomic mass is 16.5. The zero-order valence-electron chi connectivity index (χ0n) is 14.3. The Labute approximate surface area is 150 Å². The molecule has 0 unspecified atom stereocenters. The summed E-state index contributed by atoms with van der Waals surface area (Å²) < 4.78 is 7.47. The maximum absolute atomic E-state index is 12.4. The Kier molecular flexibility index (Phi) is 4.23. The van der Waals surface area contributed by atoms with Gasteiger partial charge in [0, 0.05) is 24.5 Å². The molecule has 0 aliphatic heterocycles. The van der Waals surface area contributed by atoms with Crippen molar-refractivity contribution in [1.29, 1.82) is 0 Å². The van der Waals surface area contributed by atoms with Crippen molar-refractivity contribution in [3.63, 3.8) is 0 Å². The second-order valence-corrected chi connectivity index (χ2v) is 6.04. The largest absolute Gasteiger partial charge is 0.481 e. The summed E-state index contributed by atoms with van der Waals surface area (Å²) >= 11 is 0. The van der Waals surface area contributed by atoms with Crippen LogP contribution in [0.2, 0.25) is 0 Å². The lowest BCUT2D eigenvalue weighted by Crippen LogP contribution is -2.35. The van der Waals surface area contributed by atoms with Gasteiger partial charge in [-0.3, -0.25) is 4.79 Å². The van der Waals surface area contributed by atoms with E-state index in [1.54, 1.807) is 23.8 Å². The van der Waals surface area contributed by atoms with Crippen LogP contribution in [0.4, 0.5) is 0 Å². The van der Waals surface area contributed by atoms with Gasteiger partial charge in [0.1, 0.15) is 5.75 Å². The van der Waals surface area contributed by atoms with E-state index in [1.165, 1.54) is 0 Å². The van der Waals surface area contributed by atoms with E-state index >= 15 is 0 Å². The number of carbonyl (C=O) groups is 1. The lowest BCUT2D eigenvalue weighted by atomic mass is 10.1. The zero-order chi connectivity index (χ0) is 17.9. The first kappa shape index (κ1) is 16.1. The summed E-state index contributed by atoms with van der Waals surface area (Å²) in [4.78, 5) is 16.6. The van der Waals surface area contributed by atoms with Crippen molar-refractivity contribution in [3.05, 3.63) is 72.7 Å². The number of ether oxygens (including phenoxy) is 1. The monoisotopic (exact) mass is 346 g/mol. The van der Waals surface area contributed by atoms with E-state index in [9.17, 15) is 4.79 Å². The SMILES string of the molecule is C[C@H](Oc1ccc2ccccc2c1)C(=O)NCc1cnn2cccnc12. The quantitative estimate of drug-likeness (QED) is 0.603. The zero-order valence-corrected chi connectivity index (χ0v) is 14.3. The van der Waals surface area contributed by atoms with Crippen molar-refractivity contribution in [2.75, 3.05) is 0 Å². The smallest absolute Gasteiger partial charge is 0.261 e. The molecule has 0 fully saturated rings. The second-order valence-electron chi connectivity index (χ2n) is 6.04. The van der Waals surface area contributed by atoms with E-state index < -0.39 is 6.10 Å². The lowest BCUT2D eigenvalue weighted by molar-refractivity contribution is -0.127. The van der Waals surface area contributed by atoms with E-state index in [4.69, 9.17) is 4.74 Å². The van der Waals surface area contributed by atoms with Gasteiger partial charge in [-0.25, -0.2) is 9.50 Å². The number of fused-ring (bicyclic) bond motifs is 2. The van der Waals surface area contributed by atoms with Crippen LogP contribution < -0.4 is 10.1 Å². The number of hydrogen-bond donors (Lipinski definition) is 1. The molecule has 0 radical (unpaired) electrons. The van der Waals surface area contributed by atoms with Crippen LogP contribution in [0.3, 0.4) is 0 Å².